The lowest BCUT2D eigenvalue weighted by Gasteiger charge is -2.10. The smallest absolute Gasteiger partial charge is 0.131 e. The molecule has 0 amide bonds. The van der Waals surface area contributed by atoms with Crippen molar-refractivity contribution in [3.63, 3.8) is 0 Å². The summed E-state index contributed by atoms with van der Waals surface area (Å²) in [7, 11) is 0. The first-order valence-electron chi connectivity index (χ1n) is 7.45. The van der Waals surface area contributed by atoms with Crippen molar-refractivity contribution < 1.29 is 20.1 Å². The predicted molar refractivity (Wildman–Crippen MR) is 93.0 cm³/mol. The monoisotopic (exact) mass is 318 g/mol. The average molecular weight is 318 g/mol. The fourth-order valence-electron chi connectivity index (χ4n) is 2.80. The third-order valence-electron chi connectivity index (χ3n) is 3.95. The van der Waals surface area contributed by atoms with Gasteiger partial charge in [-0.25, -0.2) is 0 Å². The van der Waals surface area contributed by atoms with Gasteiger partial charge in [0.15, 0.2) is 0 Å². The van der Waals surface area contributed by atoms with E-state index in [4.69, 9.17) is 4.74 Å². The summed E-state index contributed by atoms with van der Waals surface area (Å²) in [6, 6.07) is 18.8. The Balaban J connectivity index is 1.75. The molecule has 0 aliphatic carbocycles. The molecule has 0 bridgehead atoms. The van der Waals surface area contributed by atoms with E-state index in [9.17, 15) is 15.3 Å². The highest BCUT2D eigenvalue weighted by Gasteiger charge is 2.07. The number of rotatable bonds is 2. The Morgan fingerprint density at radius 2 is 1.38 bits per heavy atom. The summed E-state index contributed by atoms with van der Waals surface area (Å²) >= 11 is 0. The van der Waals surface area contributed by atoms with Crippen LogP contribution < -0.4 is 4.74 Å². The Kier molecular flexibility index (Phi) is 3.17. The zero-order valence-corrected chi connectivity index (χ0v) is 12.6. The van der Waals surface area contributed by atoms with Crippen LogP contribution in [0.4, 0.5) is 0 Å². The Hall–Kier alpha value is -3.40. The van der Waals surface area contributed by atoms with Gasteiger partial charge in [0.2, 0.25) is 0 Å². The maximum Gasteiger partial charge on any atom is 0.131 e. The molecule has 0 spiro atoms. The Morgan fingerprint density at radius 1 is 0.583 bits per heavy atom. The molecule has 3 N–H and O–H groups in total. The molecule has 4 rings (SSSR count). The van der Waals surface area contributed by atoms with E-state index in [0.717, 1.165) is 16.2 Å². The third-order valence-corrected chi connectivity index (χ3v) is 3.95. The molecule has 0 saturated carbocycles. The first kappa shape index (κ1) is 14.2. The van der Waals surface area contributed by atoms with Crippen LogP contribution in [-0.2, 0) is 0 Å². The van der Waals surface area contributed by atoms with E-state index >= 15 is 0 Å². The van der Waals surface area contributed by atoms with Crippen molar-refractivity contribution in [1.82, 2.24) is 0 Å². The van der Waals surface area contributed by atoms with Crippen LogP contribution in [-0.4, -0.2) is 15.3 Å². The van der Waals surface area contributed by atoms with Gasteiger partial charge >= 0.3 is 0 Å². The van der Waals surface area contributed by atoms with Crippen molar-refractivity contribution in [3.8, 4) is 28.7 Å². The van der Waals surface area contributed by atoms with Gasteiger partial charge in [-0.3, -0.25) is 0 Å². The van der Waals surface area contributed by atoms with Crippen molar-refractivity contribution in [2.24, 2.45) is 0 Å². The van der Waals surface area contributed by atoms with Gasteiger partial charge in [-0.2, -0.15) is 0 Å². The lowest BCUT2D eigenvalue weighted by Crippen LogP contribution is -1.86. The zero-order chi connectivity index (χ0) is 16.7. The standard InChI is InChI=1S/C20H14O4/c21-14-5-4-13-9-16(11-20(23)18(13)10-14)24-15-6-7-17-12(8-15)2-1-3-19(17)22/h1-11,21-23H. The number of phenols is 3. The number of ether oxygens (including phenoxy) is 1. The zero-order valence-electron chi connectivity index (χ0n) is 12.6. The van der Waals surface area contributed by atoms with Crippen molar-refractivity contribution in [1.29, 1.82) is 0 Å². The maximum absolute atomic E-state index is 10.1. The van der Waals surface area contributed by atoms with E-state index in [2.05, 4.69) is 0 Å². The minimum atomic E-state index is 0.0387. The number of hydrogen-bond donors (Lipinski definition) is 3. The predicted octanol–water partition coefficient (Wildman–Crippen LogP) is 4.90. The van der Waals surface area contributed by atoms with Gasteiger partial charge in [0, 0.05) is 16.8 Å². The summed E-state index contributed by atoms with van der Waals surface area (Å²) in [5.41, 5.74) is 0. The van der Waals surface area contributed by atoms with Crippen molar-refractivity contribution in [2.45, 2.75) is 0 Å². The van der Waals surface area contributed by atoms with Gasteiger partial charge in [-0.05, 0) is 53.2 Å². The van der Waals surface area contributed by atoms with Crippen LogP contribution in [0, 0.1) is 0 Å². The quantitative estimate of drug-likeness (QED) is 0.491. The minimum Gasteiger partial charge on any atom is -0.508 e. The Morgan fingerprint density at radius 3 is 2.25 bits per heavy atom. The molecular weight excluding hydrogens is 304 g/mol. The lowest BCUT2D eigenvalue weighted by molar-refractivity contribution is 0.458. The topological polar surface area (TPSA) is 69.9 Å². The molecule has 0 unspecified atom stereocenters. The Labute approximate surface area is 137 Å². The summed E-state index contributed by atoms with van der Waals surface area (Å²) < 4.78 is 5.84. The van der Waals surface area contributed by atoms with Crippen molar-refractivity contribution in [2.75, 3.05) is 0 Å². The van der Waals surface area contributed by atoms with Gasteiger partial charge < -0.3 is 20.1 Å². The van der Waals surface area contributed by atoms with Gasteiger partial charge in [0.05, 0.1) is 0 Å². The summed E-state index contributed by atoms with van der Waals surface area (Å²) in [6.07, 6.45) is 0. The summed E-state index contributed by atoms with van der Waals surface area (Å²) in [5, 5.41) is 32.4. The van der Waals surface area contributed by atoms with E-state index < -0.39 is 0 Å². The molecule has 0 heterocycles. The minimum absolute atomic E-state index is 0.0387. The molecular formula is C20H14O4. The number of hydrogen-bond acceptors (Lipinski definition) is 4. The second-order valence-electron chi connectivity index (χ2n) is 5.61. The SMILES string of the molecule is Oc1ccc2cc(Oc3ccc4c(O)cccc4c3)cc(O)c2c1. The summed E-state index contributed by atoms with van der Waals surface area (Å²) in [5.74, 6) is 1.45. The highest BCUT2D eigenvalue weighted by molar-refractivity contribution is 5.91. The van der Waals surface area contributed by atoms with Crippen LogP contribution in [0.5, 0.6) is 28.7 Å². The van der Waals surface area contributed by atoms with Crippen LogP contribution in [0.25, 0.3) is 21.5 Å². The first-order valence-corrected chi connectivity index (χ1v) is 7.45. The lowest BCUT2D eigenvalue weighted by atomic mass is 10.1. The molecule has 4 nitrogen and oxygen atoms in total. The highest BCUT2D eigenvalue weighted by Crippen LogP contribution is 2.35. The molecule has 0 aliphatic heterocycles. The van der Waals surface area contributed by atoms with E-state index in [-0.39, 0.29) is 17.2 Å². The highest BCUT2D eigenvalue weighted by atomic mass is 16.5. The summed E-state index contributed by atoms with van der Waals surface area (Å²) in [6.45, 7) is 0. The largest absolute Gasteiger partial charge is 0.508 e. The maximum atomic E-state index is 10.1. The van der Waals surface area contributed by atoms with Crippen LogP contribution in [0.15, 0.2) is 66.7 Å². The third kappa shape index (κ3) is 2.44. The first-order chi connectivity index (χ1) is 11.6. The molecule has 118 valence electrons. The second-order valence-corrected chi connectivity index (χ2v) is 5.61. The molecule has 24 heavy (non-hydrogen) atoms. The van der Waals surface area contributed by atoms with E-state index in [1.165, 1.54) is 12.1 Å². The van der Waals surface area contributed by atoms with Gasteiger partial charge in [0.25, 0.3) is 0 Å². The number of benzene rings is 4. The molecule has 0 fully saturated rings. The van der Waals surface area contributed by atoms with Crippen molar-refractivity contribution in [3.05, 3.63) is 66.7 Å². The van der Waals surface area contributed by atoms with E-state index in [1.807, 2.05) is 12.1 Å². The molecule has 4 heteroatoms. The van der Waals surface area contributed by atoms with E-state index in [0.29, 0.717) is 16.9 Å². The van der Waals surface area contributed by atoms with Gasteiger partial charge in [-0.15, -0.1) is 0 Å². The number of aromatic hydroxyl groups is 3. The fraction of sp³-hybridized carbons (Fsp3) is 0. The normalized spacial score (nSPS) is 11.0. The van der Waals surface area contributed by atoms with E-state index in [1.54, 1.807) is 42.5 Å². The second kappa shape index (κ2) is 5.35. The molecule has 4 aromatic rings. The van der Waals surface area contributed by atoms with Crippen molar-refractivity contribution >= 4 is 21.5 Å². The average Bonchev–Trinajstić information content (AvgIpc) is 2.56. The summed E-state index contributed by atoms with van der Waals surface area (Å²) in [4.78, 5) is 0. The van der Waals surface area contributed by atoms with Crippen LogP contribution >= 0.6 is 0 Å². The molecule has 0 atom stereocenters. The Bertz CT molecular complexity index is 1070. The van der Waals surface area contributed by atoms with Crippen LogP contribution in [0.3, 0.4) is 0 Å². The number of phenolic OH excluding ortho intramolecular Hbond substituents is 3. The van der Waals surface area contributed by atoms with Gasteiger partial charge in [-0.1, -0.05) is 18.2 Å². The molecule has 0 radical (unpaired) electrons. The van der Waals surface area contributed by atoms with Crippen LogP contribution in [0.1, 0.15) is 0 Å². The van der Waals surface area contributed by atoms with Crippen LogP contribution in [0.2, 0.25) is 0 Å². The van der Waals surface area contributed by atoms with Gasteiger partial charge in [0.1, 0.15) is 28.7 Å². The molecule has 0 aliphatic rings. The molecule has 0 aromatic heterocycles. The molecule has 0 saturated heterocycles. The number of fused-ring (bicyclic) bond motifs is 2. The fourth-order valence-corrected chi connectivity index (χ4v) is 2.80. The molecule has 4 aromatic carbocycles.